The number of allylic oxidation sites excluding steroid dienone is 7. The highest BCUT2D eigenvalue weighted by atomic mass is 32.3. The van der Waals surface area contributed by atoms with Crippen LogP contribution in [-0.2, 0) is 28.9 Å². The van der Waals surface area contributed by atoms with E-state index in [0.717, 1.165) is 70.6 Å². The van der Waals surface area contributed by atoms with E-state index in [4.69, 9.17) is 9.47 Å². The minimum Gasteiger partial charge on any atom is -0.394 e. The highest BCUT2D eigenvalue weighted by Crippen LogP contribution is 2.26. The molecule has 67 heavy (non-hydrogen) atoms. The average Bonchev–Trinajstić information content (AvgIpc) is 3.30. The molecule has 0 aromatic rings. The van der Waals surface area contributed by atoms with Crippen molar-refractivity contribution in [1.82, 2.24) is 5.32 Å². The van der Waals surface area contributed by atoms with Gasteiger partial charge < -0.3 is 40.3 Å². The molecule has 0 aromatic heterocycles. The van der Waals surface area contributed by atoms with Gasteiger partial charge in [0.1, 0.15) is 30.5 Å². The third kappa shape index (κ3) is 34.9. The normalized spacial score (nSPS) is 20.7. The van der Waals surface area contributed by atoms with Gasteiger partial charge in [-0.25, -0.2) is 4.18 Å². The molecule has 0 radical (unpaired) electrons. The van der Waals surface area contributed by atoms with Crippen molar-refractivity contribution in [1.29, 1.82) is 0 Å². The number of aliphatic hydroxyl groups excluding tert-OH is 5. The van der Waals surface area contributed by atoms with Gasteiger partial charge in [-0.3, -0.25) is 9.35 Å². The zero-order valence-electron chi connectivity index (χ0n) is 41.8. The van der Waals surface area contributed by atoms with Crippen LogP contribution in [0.4, 0.5) is 0 Å². The fraction of sp³-hybridized carbons (Fsp3) is 0.830. The highest BCUT2D eigenvalue weighted by Gasteiger charge is 2.48. The summed E-state index contributed by atoms with van der Waals surface area (Å²) >= 11 is 0. The van der Waals surface area contributed by atoms with Gasteiger partial charge in [-0.05, 0) is 70.6 Å². The first-order valence-electron chi connectivity index (χ1n) is 26.6. The van der Waals surface area contributed by atoms with E-state index in [1.807, 2.05) is 0 Å². The molecule has 0 aromatic carbocycles. The molecule has 0 bridgehead atoms. The quantitative estimate of drug-likeness (QED) is 0.0173. The monoisotopic (exact) mass is 972 g/mol. The number of amides is 1. The summed E-state index contributed by atoms with van der Waals surface area (Å²) < 4.78 is 47.6. The largest absolute Gasteiger partial charge is 0.397 e. The maximum absolute atomic E-state index is 13.2. The van der Waals surface area contributed by atoms with Crippen molar-refractivity contribution < 1.29 is 57.0 Å². The molecular weight excluding hydrogens is 875 g/mol. The molecule has 1 aliphatic rings. The molecule has 0 spiro atoms. The Kier molecular flexibility index (Phi) is 40.3. The Balaban J connectivity index is 2.51. The number of rotatable bonds is 45. The standard InChI is InChI=1S/C53H97NO12S/c1-3-5-7-9-11-13-15-17-19-21-22-23-24-25-26-28-30-32-34-36-38-40-42-47(57)52(60)54-45(44-64-53-50(59)51(66-67(61,62)63)49(58)48(43-55)65-53)46(56)41-39-37-35-33-31-29-27-20-18-16-14-12-10-8-6-4-2/h18,20,25-26,31,33,39,41,45-51,53,55-59H,3-17,19,21-24,27-30,32,34-38,40,42-44H2,1-2H3,(H,54,60)(H,61,62,63)/b20-18+,26-25-,33-31+,41-39+. The van der Waals surface area contributed by atoms with Gasteiger partial charge in [0.15, 0.2) is 6.29 Å². The van der Waals surface area contributed by atoms with Crippen LogP contribution in [0.25, 0.3) is 0 Å². The predicted octanol–water partition coefficient (Wildman–Crippen LogP) is 10.6. The number of carbonyl (C=O) groups is 1. The summed E-state index contributed by atoms with van der Waals surface area (Å²) in [7, 11) is -5.13. The van der Waals surface area contributed by atoms with Crippen LogP contribution in [0, 0.1) is 0 Å². The van der Waals surface area contributed by atoms with E-state index in [2.05, 4.69) is 59.8 Å². The Labute approximate surface area is 407 Å². The fourth-order valence-corrected chi connectivity index (χ4v) is 8.70. The number of carbonyl (C=O) groups excluding carboxylic acids is 1. The third-order valence-electron chi connectivity index (χ3n) is 12.4. The molecule has 1 heterocycles. The molecule has 1 fully saturated rings. The van der Waals surface area contributed by atoms with Crippen molar-refractivity contribution in [2.24, 2.45) is 0 Å². The summed E-state index contributed by atoms with van der Waals surface area (Å²) in [6.07, 6.45) is 41.9. The van der Waals surface area contributed by atoms with Crippen LogP contribution >= 0.6 is 0 Å². The van der Waals surface area contributed by atoms with Crippen molar-refractivity contribution in [3.05, 3.63) is 48.6 Å². The molecule has 0 aliphatic carbocycles. The number of nitrogens with one attached hydrogen (secondary N) is 1. The zero-order valence-corrected chi connectivity index (χ0v) is 42.6. The minimum absolute atomic E-state index is 0.226. The minimum atomic E-state index is -5.13. The van der Waals surface area contributed by atoms with Crippen molar-refractivity contribution >= 4 is 16.3 Å². The van der Waals surface area contributed by atoms with Crippen LogP contribution in [-0.4, -0.2) is 107 Å². The lowest BCUT2D eigenvalue weighted by Crippen LogP contribution is -2.61. The van der Waals surface area contributed by atoms with E-state index in [0.29, 0.717) is 12.8 Å². The Morgan fingerprint density at radius 3 is 1.43 bits per heavy atom. The van der Waals surface area contributed by atoms with Gasteiger partial charge in [-0.2, -0.15) is 8.42 Å². The van der Waals surface area contributed by atoms with Gasteiger partial charge in [-0.15, -0.1) is 0 Å². The Morgan fingerprint density at radius 2 is 1.00 bits per heavy atom. The van der Waals surface area contributed by atoms with Crippen molar-refractivity contribution in [3.63, 3.8) is 0 Å². The molecular formula is C53H97NO12S. The SMILES string of the molecule is CCCCCCCC/C=C/CC/C=C/CC/C=C/C(O)C(COC1OC(CO)C(O)C(OS(=O)(=O)O)C1O)NC(=O)C(O)CCCCCCCC/C=C\CCCCCCCCCCCCCC. The Bertz CT molecular complexity index is 1390. The lowest BCUT2D eigenvalue weighted by Gasteiger charge is -2.41. The van der Waals surface area contributed by atoms with Gasteiger partial charge in [0.2, 0.25) is 5.91 Å². The van der Waals surface area contributed by atoms with Crippen LogP contribution in [0.3, 0.4) is 0 Å². The summed E-state index contributed by atoms with van der Waals surface area (Å²) in [5.74, 6) is -0.721. The van der Waals surface area contributed by atoms with E-state index in [1.165, 1.54) is 122 Å². The predicted molar refractivity (Wildman–Crippen MR) is 270 cm³/mol. The van der Waals surface area contributed by atoms with Crippen molar-refractivity contribution in [2.45, 2.75) is 268 Å². The van der Waals surface area contributed by atoms with Crippen LogP contribution in [0.15, 0.2) is 48.6 Å². The number of hydrogen-bond donors (Lipinski definition) is 7. The average molecular weight is 972 g/mol. The first kappa shape index (κ1) is 63.0. The van der Waals surface area contributed by atoms with Gasteiger partial charge in [0.05, 0.1) is 25.4 Å². The van der Waals surface area contributed by atoms with Gasteiger partial charge >= 0.3 is 10.4 Å². The summed E-state index contributed by atoms with van der Waals surface area (Å²) in [5, 5.41) is 55.3. The van der Waals surface area contributed by atoms with Crippen LogP contribution in [0.1, 0.15) is 219 Å². The number of aliphatic hydroxyl groups is 5. The highest BCUT2D eigenvalue weighted by molar-refractivity contribution is 7.80. The fourth-order valence-electron chi connectivity index (χ4n) is 8.19. The molecule has 1 saturated heterocycles. The summed E-state index contributed by atoms with van der Waals surface area (Å²) in [5.41, 5.74) is 0. The Morgan fingerprint density at radius 1 is 0.597 bits per heavy atom. The maximum atomic E-state index is 13.2. The molecule has 392 valence electrons. The summed E-state index contributed by atoms with van der Waals surface area (Å²) in [6.45, 7) is 3.20. The molecule has 8 unspecified atom stereocenters. The lowest BCUT2D eigenvalue weighted by atomic mass is 9.99. The maximum Gasteiger partial charge on any atom is 0.397 e. The smallest absolute Gasteiger partial charge is 0.394 e. The molecule has 7 N–H and O–H groups in total. The van der Waals surface area contributed by atoms with Crippen LogP contribution in [0.5, 0.6) is 0 Å². The van der Waals surface area contributed by atoms with Crippen LogP contribution in [0.2, 0.25) is 0 Å². The number of hydrogen-bond acceptors (Lipinski definition) is 11. The third-order valence-corrected chi connectivity index (χ3v) is 12.9. The number of unbranched alkanes of at least 4 members (excludes halogenated alkanes) is 26. The molecule has 1 rings (SSSR count). The second-order valence-corrected chi connectivity index (χ2v) is 19.6. The summed E-state index contributed by atoms with van der Waals surface area (Å²) in [6, 6.07) is -1.15. The van der Waals surface area contributed by atoms with E-state index in [-0.39, 0.29) is 6.42 Å². The first-order valence-corrected chi connectivity index (χ1v) is 28.0. The van der Waals surface area contributed by atoms with Crippen molar-refractivity contribution in [2.75, 3.05) is 13.2 Å². The topological polar surface area (TPSA) is 212 Å². The van der Waals surface area contributed by atoms with Gasteiger partial charge in [-0.1, -0.05) is 197 Å². The second-order valence-electron chi connectivity index (χ2n) is 18.6. The molecule has 8 atom stereocenters. The van der Waals surface area contributed by atoms with Gasteiger partial charge in [0.25, 0.3) is 0 Å². The zero-order chi connectivity index (χ0) is 49.2. The van der Waals surface area contributed by atoms with E-state index < -0.39 is 78.5 Å². The van der Waals surface area contributed by atoms with E-state index >= 15 is 0 Å². The lowest BCUT2D eigenvalue weighted by molar-refractivity contribution is -0.298. The van der Waals surface area contributed by atoms with E-state index in [1.54, 1.807) is 6.08 Å². The molecule has 0 saturated carbocycles. The Hall–Kier alpha value is -1.98. The summed E-state index contributed by atoms with van der Waals surface area (Å²) in [4.78, 5) is 13.2. The van der Waals surface area contributed by atoms with Crippen LogP contribution < -0.4 is 5.32 Å². The molecule has 1 aliphatic heterocycles. The van der Waals surface area contributed by atoms with Crippen molar-refractivity contribution in [3.8, 4) is 0 Å². The number of ether oxygens (including phenoxy) is 2. The van der Waals surface area contributed by atoms with E-state index in [9.17, 15) is 43.3 Å². The molecule has 1 amide bonds. The second kappa shape index (κ2) is 42.9. The molecule has 13 nitrogen and oxygen atoms in total. The van der Waals surface area contributed by atoms with Gasteiger partial charge in [0, 0.05) is 0 Å². The first-order chi connectivity index (χ1) is 32.4. The molecule has 14 heteroatoms.